The Kier molecular flexibility index (Phi) is 3.61. The van der Waals surface area contributed by atoms with Gasteiger partial charge in [0.25, 0.3) is 0 Å². The second-order valence-corrected chi connectivity index (χ2v) is 7.76. The van der Waals surface area contributed by atoms with E-state index in [0.29, 0.717) is 0 Å². The molecule has 0 heterocycles. The quantitative estimate of drug-likeness (QED) is 0.739. The van der Waals surface area contributed by atoms with Crippen LogP contribution >= 0.6 is 0 Å². The zero-order valence-corrected chi connectivity index (χ0v) is 12.9. The SMILES string of the molecule is Cc1ccc([Si](=C2C=CC=C2)c2ccc(C)cc2)cc1. The summed E-state index contributed by atoms with van der Waals surface area (Å²) in [5.41, 5.74) is 2.64. The van der Waals surface area contributed by atoms with Crippen LogP contribution in [0.15, 0.2) is 72.8 Å². The van der Waals surface area contributed by atoms with E-state index in [0.717, 1.165) is 0 Å². The van der Waals surface area contributed by atoms with Crippen molar-refractivity contribution < 1.29 is 0 Å². The molecule has 0 N–H and O–H groups in total. The molecule has 0 atom stereocenters. The third-order valence-electron chi connectivity index (χ3n) is 3.63. The van der Waals surface area contributed by atoms with Crippen molar-refractivity contribution in [3.05, 3.63) is 84.0 Å². The molecule has 2 aromatic rings. The monoisotopic (exact) mass is 274 g/mol. The normalized spacial score (nSPS) is 13.0. The fraction of sp³-hybridized carbons (Fsp3) is 0.105. The summed E-state index contributed by atoms with van der Waals surface area (Å²) in [5, 5.41) is 4.37. The fourth-order valence-electron chi connectivity index (χ4n) is 2.48. The van der Waals surface area contributed by atoms with E-state index in [-0.39, 0.29) is 0 Å². The van der Waals surface area contributed by atoms with Crippen LogP contribution in [0.1, 0.15) is 11.1 Å². The molecule has 0 aromatic heterocycles. The number of rotatable bonds is 2. The summed E-state index contributed by atoms with van der Waals surface area (Å²) in [6, 6.07) is 18.0. The molecule has 0 unspecified atom stereocenters. The molecule has 20 heavy (non-hydrogen) atoms. The van der Waals surface area contributed by atoms with Gasteiger partial charge in [0.05, 0.1) is 8.41 Å². The molecule has 0 nitrogen and oxygen atoms in total. The summed E-state index contributed by atoms with van der Waals surface area (Å²) in [6.45, 7) is 4.29. The van der Waals surface area contributed by atoms with Gasteiger partial charge in [-0.05, 0) is 29.4 Å². The zero-order valence-electron chi connectivity index (χ0n) is 11.9. The van der Waals surface area contributed by atoms with Crippen molar-refractivity contribution >= 4 is 24.0 Å². The lowest BCUT2D eigenvalue weighted by atomic mass is 10.2. The summed E-state index contributed by atoms with van der Waals surface area (Å²) >= 11 is 0. The topological polar surface area (TPSA) is 0 Å². The van der Waals surface area contributed by atoms with Crippen LogP contribution < -0.4 is 10.4 Å². The van der Waals surface area contributed by atoms with E-state index in [4.69, 9.17) is 0 Å². The maximum Gasteiger partial charge on any atom is 0.0877 e. The van der Waals surface area contributed by atoms with Crippen LogP contribution in [-0.2, 0) is 0 Å². The Morgan fingerprint density at radius 3 is 1.40 bits per heavy atom. The number of hydrogen-bond acceptors (Lipinski definition) is 0. The minimum Gasteiger partial charge on any atom is -0.0621 e. The smallest absolute Gasteiger partial charge is 0.0621 e. The Balaban J connectivity index is 2.17. The van der Waals surface area contributed by atoms with E-state index >= 15 is 0 Å². The van der Waals surface area contributed by atoms with Gasteiger partial charge < -0.3 is 0 Å². The summed E-state index contributed by atoms with van der Waals surface area (Å²) in [7, 11) is -0.867. The standard InChI is InChI=1S/C19H18Si/c1-15-7-11-18(12-8-15)20(17-5-3-4-6-17)19-13-9-16(2)10-14-19/h3-14H,1-2H3. The second kappa shape index (κ2) is 5.56. The van der Waals surface area contributed by atoms with Crippen molar-refractivity contribution in [2.45, 2.75) is 13.8 Å². The Bertz CT molecular complexity index is 637. The van der Waals surface area contributed by atoms with Gasteiger partial charge in [-0.3, -0.25) is 0 Å². The number of aryl methyl sites for hydroxylation is 2. The highest BCUT2D eigenvalue weighted by Gasteiger charge is 2.11. The molecule has 1 heteroatoms. The first kappa shape index (κ1) is 13.0. The predicted octanol–water partition coefficient (Wildman–Crippen LogP) is 2.79. The molecule has 98 valence electrons. The summed E-state index contributed by atoms with van der Waals surface area (Å²) in [5.74, 6) is 0. The lowest BCUT2D eigenvalue weighted by Crippen LogP contribution is -2.39. The van der Waals surface area contributed by atoms with Crippen molar-refractivity contribution in [2.75, 3.05) is 0 Å². The van der Waals surface area contributed by atoms with Gasteiger partial charge in [0.1, 0.15) is 0 Å². The van der Waals surface area contributed by atoms with E-state index in [1.54, 1.807) is 0 Å². The maximum absolute atomic E-state index is 2.29. The third kappa shape index (κ3) is 2.63. The van der Waals surface area contributed by atoms with Crippen molar-refractivity contribution in [1.29, 1.82) is 0 Å². The largest absolute Gasteiger partial charge is 0.0877 e. The molecule has 1 aliphatic rings. The number of hydrogen-bond donors (Lipinski definition) is 0. The van der Waals surface area contributed by atoms with Gasteiger partial charge in [-0.2, -0.15) is 0 Å². The lowest BCUT2D eigenvalue weighted by molar-refractivity contribution is 1.48. The molecule has 0 saturated carbocycles. The molecule has 0 aliphatic heterocycles. The minimum absolute atomic E-state index is 0.867. The van der Waals surface area contributed by atoms with Crippen molar-refractivity contribution in [3.8, 4) is 0 Å². The van der Waals surface area contributed by atoms with E-state index in [2.05, 4.69) is 86.7 Å². The summed E-state index contributed by atoms with van der Waals surface area (Å²) < 4.78 is 0. The first-order valence-electron chi connectivity index (χ1n) is 6.97. The maximum atomic E-state index is 2.29. The van der Waals surface area contributed by atoms with Gasteiger partial charge in [-0.25, -0.2) is 0 Å². The zero-order chi connectivity index (χ0) is 13.9. The fourth-order valence-corrected chi connectivity index (χ4v) is 5.01. The van der Waals surface area contributed by atoms with Crippen molar-refractivity contribution in [2.24, 2.45) is 0 Å². The second-order valence-electron chi connectivity index (χ2n) is 5.28. The van der Waals surface area contributed by atoms with Gasteiger partial charge in [-0.15, -0.1) is 0 Å². The Morgan fingerprint density at radius 1 is 0.600 bits per heavy atom. The Labute approximate surface area is 122 Å². The molecule has 0 saturated heterocycles. The Morgan fingerprint density at radius 2 is 1.00 bits per heavy atom. The van der Waals surface area contributed by atoms with Crippen LogP contribution in [0.4, 0.5) is 0 Å². The molecule has 2 aromatic carbocycles. The molecular weight excluding hydrogens is 256 g/mol. The van der Waals surface area contributed by atoms with Crippen LogP contribution in [0, 0.1) is 13.8 Å². The van der Waals surface area contributed by atoms with E-state index in [9.17, 15) is 0 Å². The van der Waals surface area contributed by atoms with Crippen LogP contribution in [0.3, 0.4) is 0 Å². The number of allylic oxidation sites excluding steroid dienone is 4. The van der Waals surface area contributed by atoms with Crippen molar-refractivity contribution in [1.82, 2.24) is 0 Å². The molecule has 1 aliphatic carbocycles. The van der Waals surface area contributed by atoms with Crippen molar-refractivity contribution in [3.63, 3.8) is 0 Å². The Hall–Kier alpha value is -1.99. The van der Waals surface area contributed by atoms with Gasteiger partial charge in [-0.1, -0.05) is 84.0 Å². The summed E-state index contributed by atoms with van der Waals surface area (Å²) in [6.07, 6.45) is 8.80. The average molecular weight is 274 g/mol. The van der Waals surface area contributed by atoms with Crippen LogP contribution in [-0.4, -0.2) is 13.6 Å². The molecule has 0 bridgehead atoms. The highest BCUT2D eigenvalue weighted by Crippen LogP contribution is 2.01. The van der Waals surface area contributed by atoms with E-state index < -0.39 is 8.41 Å². The average Bonchev–Trinajstić information content (AvgIpc) is 2.97. The summed E-state index contributed by atoms with van der Waals surface area (Å²) in [4.78, 5) is 0. The third-order valence-corrected chi connectivity index (χ3v) is 6.36. The van der Waals surface area contributed by atoms with Crippen LogP contribution in [0.2, 0.25) is 0 Å². The van der Waals surface area contributed by atoms with E-state index in [1.807, 2.05) is 0 Å². The predicted molar refractivity (Wildman–Crippen MR) is 90.7 cm³/mol. The van der Waals surface area contributed by atoms with Gasteiger partial charge in [0, 0.05) is 0 Å². The number of benzene rings is 2. The van der Waals surface area contributed by atoms with Gasteiger partial charge in [0.2, 0.25) is 0 Å². The first-order chi connectivity index (χ1) is 9.74. The molecule has 0 fully saturated rings. The highest BCUT2D eigenvalue weighted by molar-refractivity contribution is 6.94. The molecule has 3 rings (SSSR count). The highest BCUT2D eigenvalue weighted by atomic mass is 28.2. The molecule has 0 amide bonds. The molecular formula is C19H18Si. The van der Waals surface area contributed by atoms with Gasteiger partial charge >= 0.3 is 0 Å². The minimum atomic E-state index is -0.867. The van der Waals surface area contributed by atoms with E-state index in [1.165, 1.54) is 26.7 Å². The molecule has 0 radical (unpaired) electrons. The van der Waals surface area contributed by atoms with Gasteiger partial charge in [0.15, 0.2) is 0 Å². The van der Waals surface area contributed by atoms with Crippen LogP contribution in [0.5, 0.6) is 0 Å². The lowest BCUT2D eigenvalue weighted by Gasteiger charge is -2.11. The molecule has 0 spiro atoms. The first-order valence-corrected chi connectivity index (χ1v) is 8.47. The van der Waals surface area contributed by atoms with Crippen LogP contribution in [0.25, 0.3) is 0 Å².